The Balaban J connectivity index is 2.30. The van der Waals surface area contributed by atoms with Gasteiger partial charge in [-0.15, -0.1) is 11.3 Å². The first-order valence-electron chi connectivity index (χ1n) is 7.29. The van der Waals surface area contributed by atoms with Gasteiger partial charge in [0.1, 0.15) is 5.00 Å². The number of amides is 4. The molecule has 0 radical (unpaired) electrons. The Bertz CT molecular complexity index is 620. The lowest BCUT2D eigenvalue weighted by Gasteiger charge is -2.13. The molecular weight excluding hydrogens is 302 g/mol. The highest BCUT2D eigenvalue weighted by Crippen LogP contribution is 2.39. The number of imide groups is 1. The lowest BCUT2D eigenvalue weighted by Crippen LogP contribution is -2.39. The van der Waals surface area contributed by atoms with Gasteiger partial charge in [-0.3, -0.25) is 14.9 Å². The highest BCUT2D eigenvalue weighted by molar-refractivity contribution is 7.17. The highest BCUT2D eigenvalue weighted by atomic mass is 32.1. The quantitative estimate of drug-likeness (QED) is 0.895. The van der Waals surface area contributed by atoms with Gasteiger partial charge in [-0.05, 0) is 24.8 Å². The van der Waals surface area contributed by atoms with E-state index in [-0.39, 0.29) is 11.8 Å². The van der Waals surface area contributed by atoms with Gasteiger partial charge in [-0.2, -0.15) is 0 Å². The first-order chi connectivity index (χ1) is 10.3. The third kappa shape index (κ3) is 3.30. The van der Waals surface area contributed by atoms with E-state index >= 15 is 0 Å². The molecule has 0 saturated heterocycles. The molecule has 22 heavy (non-hydrogen) atoms. The zero-order chi connectivity index (χ0) is 16.4. The van der Waals surface area contributed by atoms with Crippen molar-refractivity contribution in [3.8, 4) is 0 Å². The number of urea groups is 1. The second-order valence-electron chi connectivity index (χ2n) is 5.86. The number of hydrogen-bond donors (Lipinski definition) is 2. The minimum absolute atomic E-state index is 0.132. The first-order valence-corrected chi connectivity index (χ1v) is 8.11. The van der Waals surface area contributed by atoms with Crippen LogP contribution in [0.3, 0.4) is 0 Å². The fourth-order valence-corrected chi connectivity index (χ4v) is 3.55. The van der Waals surface area contributed by atoms with Gasteiger partial charge in [0.2, 0.25) is 5.91 Å². The molecule has 0 saturated carbocycles. The van der Waals surface area contributed by atoms with Gasteiger partial charge in [0.25, 0.3) is 5.91 Å². The van der Waals surface area contributed by atoms with Crippen LogP contribution < -0.4 is 10.6 Å². The zero-order valence-corrected chi connectivity index (χ0v) is 14.1. The van der Waals surface area contributed by atoms with Crippen molar-refractivity contribution in [2.24, 2.45) is 5.92 Å². The van der Waals surface area contributed by atoms with Gasteiger partial charge < -0.3 is 10.2 Å². The molecular formula is C15H21N3O3S. The van der Waals surface area contributed by atoms with Crippen LogP contribution in [0.2, 0.25) is 0 Å². The Kier molecular flexibility index (Phi) is 4.85. The molecule has 1 heterocycles. The SMILES string of the molecule is CC(C)C(=O)Nc1sc2c(c1C(=O)NC(=O)N(C)C)CCC2. The van der Waals surface area contributed by atoms with E-state index in [1.807, 2.05) is 0 Å². The molecule has 6 nitrogen and oxygen atoms in total. The fraction of sp³-hybridized carbons (Fsp3) is 0.533. The van der Waals surface area contributed by atoms with E-state index in [1.165, 1.54) is 16.2 Å². The minimum atomic E-state index is -0.468. The zero-order valence-electron chi connectivity index (χ0n) is 13.3. The Morgan fingerprint density at radius 1 is 1.18 bits per heavy atom. The van der Waals surface area contributed by atoms with Crippen LogP contribution in [0.15, 0.2) is 0 Å². The molecule has 1 aromatic rings. The Labute approximate surface area is 133 Å². The molecule has 0 unspecified atom stereocenters. The van der Waals surface area contributed by atoms with Crippen molar-refractivity contribution >= 4 is 34.2 Å². The molecule has 120 valence electrons. The van der Waals surface area contributed by atoms with Crippen molar-refractivity contribution in [1.29, 1.82) is 0 Å². The summed E-state index contributed by atoms with van der Waals surface area (Å²) in [5.41, 5.74) is 1.41. The maximum atomic E-state index is 12.4. The molecule has 1 aliphatic carbocycles. The van der Waals surface area contributed by atoms with Crippen LogP contribution >= 0.6 is 11.3 Å². The number of hydrogen-bond acceptors (Lipinski definition) is 4. The van der Waals surface area contributed by atoms with Crippen molar-refractivity contribution in [2.45, 2.75) is 33.1 Å². The summed E-state index contributed by atoms with van der Waals surface area (Å²) in [5, 5.41) is 5.72. The number of aryl methyl sites for hydroxylation is 1. The summed E-state index contributed by atoms with van der Waals surface area (Å²) in [5.74, 6) is -0.749. The van der Waals surface area contributed by atoms with E-state index in [4.69, 9.17) is 0 Å². The van der Waals surface area contributed by atoms with Crippen LogP contribution in [0.4, 0.5) is 9.80 Å². The van der Waals surface area contributed by atoms with E-state index in [0.29, 0.717) is 10.6 Å². The minimum Gasteiger partial charge on any atom is -0.331 e. The molecule has 2 N–H and O–H groups in total. The highest BCUT2D eigenvalue weighted by Gasteiger charge is 2.28. The monoisotopic (exact) mass is 323 g/mol. The number of carbonyl (C=O) groups is 3. The van der Waals surface area contributed by atoms with E-state index in [1.54, 1.807) is 27.9 Å². The summed E-state index contributed by atoms with van der Waals surface area (Å²) >= 11 is 1.44. The van der Waals surface area contributed by atoms with Gasteiger partial charge in [0.15, 0.2) is 0 Å². The fourth-order valence-electron chi connectivity index (χ4n) is 2.26. The van der Waals surface area contributed by atoms with Crippen LogP contribution in [0.25, 0.3) is 0 Å². The molecule has 2 rings (SSSR count). The molecule has 0 bridgehead atoms. The molecule has 0 fully saturated rings. The number of nitrogens with one attached hydrogen (secondary N) is 2. The Morgan fingerprint density at radius 2 is 1.86 bits per heavy atom. The molecule has 4 amide bonds. The van der Waals surface area contributed by atoms with Crippen LogP contribution in [-0.2, 0) is 17.6 Å². The molecule has 1 aliphatic rings. The summed E-state index contributed by atoms with van der Waals surface area (Å²) < 4.78 is 0. The summed E-state index contributed by atoms with van der Waals surface area (Å²) in [6.45, 7) is 3.60. The number of thiophene rings is 1. The van der Waals surface area contributed by atoms with Gasteiger partial charge in [0.05, 0.1) is 5.56 Å². The van der Waals surface area contributed by atoms with E-state index < -0.39 is 11.9 Å². The lowest BCUT2D eigenvalue weighted by molar-refractivity contribution is -0.118. The summed E-state index contributed by atoms with van der Waals surface area (Å²) in [6.07, 6.45) is 2.73. The van der Waals surface area contributed by atoms with Gasteiger partial charge in [-0.25, -0.2) is 4.79 Å². The van der Waals surface area contributed by atoms with Crippen molar-refractivity contribution in [1.82, 2.24) is 10.2 Å². The largest absolute Gasteiger partial charge is 0.331 e. The Morgan fingerprint density at radius 3 is 2.45 bits per heavy atom. The van der Waals surface area contributed by atoms with Crippen molar-refractivity contribution in [3.63, 3.8) is 0 Å². The Hall–Kier alpha value is -1.89. The number of carbonyl (C=O) groups excluding carboxylic acids is 3. The van der Waals surface area contributed by atoms with Crippen molar-refractivity contribution in [2.75, 3.05) is 19.4 Å². The second kappa shape index (κ2) is 6.48. The molecule has 0 spiro atoms. The van der Waals surface area contributed by atoms with Crippen molar-refractivity contribution < 1.29 is 14.4 Å². The molecule has 0 aromatic carbocycles. The predicted octanol–water partition coefficient (Wildman–Crippen LogP) is 2.24. The topological polar surface area (TPSA) is 78.5 Å². The summed E-state index contributed by atoms with van der Waals surface area (Å²) in [6, 6.07) is -0.468. The summed E-state index contributed by atoms with van der Waals surface area (Å²) in [4.78, 5) is 38.5. The van der Waals surface area contributed by atoms with E-state index in [2.05, 4.69) is 10.6 Å². The maximum absolute atomic E-state index is 12.4. The molecule has 0 atom stereocenters. The van der Waals surface area contributed by atoms with E-state index in [9.17, 15) is 14.4 Å². The van der Waals surface area contributed by atoms with Crippen LogP contribution in [0, 0.1) is 5.92 Å². The summed E-state index contributed by atoms with van der Waals surface area (Å²) in [7, 11) is 3.14. The molecule has 0 aliphatic heterocycles. The number of anilines is 1. The van der Waals surface area contributed by atoms with Crippen molar-refractivity contribution in [3.05, 3.63) is 16.0 Å². The first kappa shape index (κ1) is 16.5. The maximum Gasteiger partial charge on any atom is 0.323 e. The molecule has 7 heteroatoms. The average molecular weight is 323 g/mol. The number of nitrogens with zero attached hydrogens (tertiary/aromatic N) is 1. The number of fused-ring (bicyclic) bond motifs is 1. The normalized spacial score (nSPS) is 13.0. The predicted molar refractivity (Wildman–Crippen MR) is 86.4 cm³/mol. The third-order valence-electron chi connectivity index (χ3n) is 3.54. The smallest absolute Gasteiger partial charge is 0.323 e. The van der Waals surface area contributed by atoms with Crippen LogP contribution in [-0.4, -0.2) is 36.8 Å². The second-order valence-corrected chi connectivity index (χ2v) is 6.96. The van der Waals surface area contributed by atoms with Gasteiger partial charge in [0, 0.05) is 24.9 Å². The van der Waals surface area contributed by atoms with Crippen LogP contribution in [0.1, 0.15) is 41.1 Å². The molecule has 1 aromatic heterocycles. The number of rotatable bonds is 3. The standard InChI is InChI=1S/C15H21N3O3S/c1-8(2)12(19)16-14-11(9-6-5-7-10(9)22-14)13(20)17-15(21)18(3)4/h8H,5-7H2,1-4H3,(H,16,19)(H,17,20,21). The van der Waals surface area contributed by atoms with Gasteiger partial charge in [-0.1, -0.05) is 13.8 Å². The average Bonchev–Trinajstić information content (AvgIpc) is 2.97. The third-order valence-corrected chi connectivity index (χ3v) is 4.74. The van der Waals surface area contributed by atoms with E-state index in [0.717, 1.165) is 29.7 Å². The van der Waals surface area contributed by atoms with Crippen LogP contribution in [0.5, 0.6) is 0 Å². The lowest BCUT2D eigenvalue weighted by atomic mass is 10.1. The van der Waals surface area contributed by atoms with Gasteiger partial charge >= 0.3 is 6.03 Å².